The van der Waals surface area contributed by atoms with Crippen molar-refractivity contribution < 1.29 is 4.74 Å². The summed E-state index contributed by atoms with van der Waals surface area (Å²) in [7, 11) is 0. The first-order valence-electron chi connectivity index (χ1n) is 14.0. The summed E-state index contributed by atoms with van der Waals surface area (Å²) in [6.45, 7) is 22.3. The maximum absolute atomic E-state index is 5.48. The molecule has 0 atom stereocenters. The third kappa shape index (κ3) is 7.70. The molecule has 1 aliphatic rings. The molecule has 0 saturated heterocycles. The average Bonchev–Trinajstić information content (AvgIpc) is 3.58. The fraction of sp³-hybridized carbons (Fsp3) is 0.394. The predicted molar refractivity (Wildman–Crippen MR) is 163 cm³/mol. The van der Waals surface area contributed by atoms with Crippen molar-refractivity contribution in [3.63, 3.8) is 0 Å². The Morgan fingerprint density at radius 1 is 1.00 bits per heavy atom. The molecule has 1 aliphatic heterocycles. The minimum absolute atomic E-state index is 0.814. The second kappa shape index (κ2) is 15.6. The molecular formula is C33H46N4O. The number of nitrogens with zero attached hydrogens (tertiary/aromatic N) is 3. The fourth-order valence-electron chi connectivity index (χ4n) is 4.11. The molecule has 2 aromatic carbocycles. The zero-order valence-electron chi connectivity index (χ0n) is 24.7. The van der Waals surface area contributed by atoms with E-state index in [2.05, 4.69) is 68.1 Å². The second-order valence-corrected chi connectivity index (χ2v) is 8.84. The molecule has 4 aromatic rings. The van der Waals surface area contributed by atoms with E-state index in [1.807, 2.05) is 63.5 Å². The SMILES string of the molecule is C=C(NCCCC)c1ccc2c(c1)CCO2.CC.CC.Cc1ccccc1-c1cc(C)n2ncc(C)c2n1. The number of nitrogens with one attached hydrogen (secondary N) is 1. The molecule has 1 N–H and O–H groups in total. The molecule has 5 nitrogen and oxygen atoms in total. The standard InChI is InChI=1S/C15H15N3.C14H19NO.2C2H6/c1-10-6-4-5-7-13(10)14-8-12(3)18-15(17-14)11(2)9-16-18;1-3-4-8-15-11(2)12-5-6-14-13(10-12)7-9-16-14;2*1-2/h4-9H,1-3H3;5-6,10,15H,2-4,7-9H2,1H3;2*1-2H3. The first kappa shape index (κ1) is 30.6. The van der Waals surface area contributed by atoms with E-state index in [-0.39, 0.29) is 0 Å². The summed E-state index contributed by atoms with van der Waals surface area (Å²) in [5, 5.41) is 7.68. The van der Waals surface area contributed by atoms with Gasteiger partial charge < -0.3 is 10.1 Å². The molecule has 5 heteroatoms. The van der Waals surface area contributed by atoms with Crippen LogP contribution < -0.4 is 10.1 Å². The molecule has 0 fully saturated rings. The van der Waals surface area contributed by atoms with Gasteiger partial charge in [-0.2, -0.15) is 5.10 Å². The van der Waals surface area contributed by atoms with Crippen LogP contribution in [0.3, 0.4) is 0 Å². The molecule has 5 rings (SSSR count). The van der Waals surface area contributed by atoms with Gasteiger partial charge in [0.1, 0.15) is 5.75 Å². The highest BCUT2D eigenvalue weighted by molar-refractivity contribution is 5.66. The number of hydrogen-bond acceptors (Lipinski definition) is 4. The Kier molecular flexibility index (Phi) is 12.6. The summed E-state index contributed by atoms with van der Waals surface area (Å²) >= 11 is 0. The summed E-state index contributed by atoms with van der Waals surface area (Å²) in [5.41, 5.74) is 10.1. The van der Waals surface area contributed by atoms with Crippen LogP contribution >= 0.6 is 0 Å². The van der Waals surface area contributed by atoms with Crippen molar-refractivity contribution >= 4 is 11.3 Å². The minimum Gasteiger partial charge on any atom is -0.493 e. The minimum atomic E-state index is 0.814. The number of ether oxygens (including phenoxy) is 1. The van der Waals surface area contributed by atoms with Crippen molar-refractivity contribution in [3.8, 4) is 17.0 Å². The average molecular weight is 515 g/mol. The number of aromatic nitrogens is 3. The maximum Gasteiger partial charge on any atom is 0.158 e. The van der Waals surface area contributed by atoms with Crippen LogP contribution in [0.15, 0.2) is 61.3 Å². The van der Waals surface area contributed by atoms with Crippen LogP contribution in [0.1, 0.15) is 75.4 Å². The van der Waals surface area contributed by atoms with E-state index < -0.39 is 0 Å². The van der Waals surface area contributed by atoms with E-state index in [1.165, 1.54) is 35.1 Å². The highest BCUT2D eigenvalue weighted by Gasteiger charge is 2.13. The van der Waals surface area contributed by atoms with Gasteiger partial charge in [0.15, 0.2) is 5.65 Å². The molecule has 0 amide bonds. The van der Waals surface area contributed by atoms with Crippen molar-refractivity contribution in [2.45, 2.75) is 74.7 Å². The summed E-state index contributed by atoms with van der Waals surface area (Å²) < 4.78 is 7.37. The topological polar surface area (TPSA) is 51.5 Å². The van der Waals surface area contributed by atoms with Crippen molar-refractivity contribution in [1.82, 2.24) is 19.9 Å². The molecule has 3 heterocycles. The maximum atomic E-state index is 5.48. The summed E-state index contributed by atoms with van der Waals surface area (Å²) in [5.74, 6) is 1.03. The van der Waals surface area contributed by atoms with Crippen molar-refractivity contribution in [3.05, 3.63) is 89.3 Å². The van der Waals surface area contributed by atoms with E-state index in [0.29, 0.717) is 0 Å². The van der Waals surface area contributed by atoms with Crippen LogP contribution in [0.5, 0.6) is 5.75 Å². The largest absolute Gasteiger partial charge is 0.493 e. The van der Waals surface area contributed by atoms with Gasteiger partial charge in [-0.15, -0.1) is 0 Å². The lowest BCUT2D eigenvalue weighted by atomic mass is 10.1. The first-order chi connectivity index (χ1) is 18.5. The number of rotatable bonds is 6. The van der Waals surface area contributed by atoms with Gasteiger partial charge in [-0.3, -0.25) is 0 Å². The number of unbranched alkanes of at least 4 members (excludes halogenated alkanes) is 1. The Morgan fingerprint density at radius 3 is 2.45 bits per heavy atom. The molecule has 0 saturated carbocycles. The van der Waals surface area contributed by atoms with Gasteiger partial charge in [-0.05, 0) is 68.1 Å². The lowest BCUT2D eigenvalue weighted by Gasteiger charge is -2.10. The molecule has 0 spiro atoms. The monoisotopic (exact) mass is 514 g/mol. The molecular weight excluding hydrogens is 468 g/mol. The van der Waals surface area contributed by atoms with E-state index in [4.69, 9.17) is 9.72 Å². The Morgan fingerprint density at radius 2 is 1.74 bits per heavy atom. The van der Waals surface area contributed by atoms with E-state index in [1.54, 1.807) is 0 Å². The number of hydrogen-bond donors (Lipinski definition) is 1. The third-order valence-electron chi connectivity index (χ3n) is 6.15. The van der Waals surface area contributed by atoms with Gasteiger partial charge in [0, 0.05) is 35.5 Å². The van der Waals surface area contributed by atoms with Gasteiger partial charge in [0.05, 0.1) is 18.5 Å². The van der Waals surface area contributed by atoms with E-state index in [9.17, 15) is 0 Å². The second-order valence-electron chi connectivity index (χ2n) is 8.84. The van der Waals surface area contributed by atoms with Gasteiger partial charge in [0.2, 0.25) is 0 Å². The Labute approximate surface area is 230 Å². The summed E-state index contributed by atoms with van der Waals surface area (Å²) in [6, 6.07) is 16.7. The van der Waals surface area contributed by atoms with Crippen molar-refractivity contribution in [1.29, 1.82) is 0 Å². The van der Waals surface area contributed by atoms with Crippen LogP contribution in [-0.2, 0) is 6.42 Å². The molecule has 2 aromatic heterocycles. The van der Waals surface area contributed by atoms with Crippen LogP contribution in [0.4, 0.5) is 0 Å². The van der Waals surface area contributed by atoms with Gasteiger partial charge in [-0.25, -0.2) is 9.50 Å². The fourth-order valence-corrected chi connectivity index (χ4v) is 4.11. The Balaban J connectivity index is 0.000000238. The van der Waals surface area contributed by atoms with E-state index >= 15 is 0 Å². The zero-order chi connectivity index (χ0) is 28.1. The number of benzene rings is 2. The molecule has 0 bridgehead atoms. The highest BCUT2D eigenvalue weighted by atomic mass is 16.5. The Hall–Kier alpha value is -3.60. The Bertz CT molecular complexity index is 1310. The first-order valence-corrected chi connectivity index (χ1v) is 14.0. The quantitative estimate of drug-likeness (QED) is 0.263. The van der Waals surface area contributed by atoms with Crippen molar-refractivity contribution in [2.24, 2.45) is 0 Å². The lowest BCUT2D eigenvalue weighted by molar-refractivity contribution is 0.357. The summed E-state index contributed by atoms with van der Waals surface area (Å²) in [4.78, 5) is 4.73. The molecule has 38 heavy (non-hydrogen) atoms. The number of aryl methyl sites for hydroxylation is 3. The number of fused-ring (bicyclic) bond motifs is 2. The van der Waals surface area contributed by atoms with E-state index in [0.717, 1.165) is 53.6 Å². The third-order valence-corrected chi connectivity index (χ3v) is 6.15. The van der Waals surface area contributed by atoms with Crippen molar-refractivity contribution in [2.75, 3.05) is 13.2 Å². The predicted octanol–water partition coefficient (Wildman–Crippen LogP) is 8.36. The molecule has 204 valence electrons. The van der Waals surface area contributed by atoms with Crippen LogP contribution in [0.2, 0.25) is 0 Å². The zero-order valence-corrected chi connectivity index (χ0v) is 24.7. The van der Waals surface area contributed by atoms with Gasteiger partial charge in [0.25, 0.3) is 0 Å². The van der Waals surface area contributed by atoms with Crippen LogP contribution in [0.25, 0.3) is 22.6 Å². The smallest absolute Gasteiger partial charge is 0.158 e. The molecule has 0 unspecified atom stereocenters. The molecule has 0 aliphatic carbocycles. The van der Waals surface area contributed by atoms with Gasteiger partial charge >= 0.3 is 0 Å². The molecule has 0 radical (unpaired) electrons. The normalized spacial score (nSPS) is 11.1. The highest BCUT2D eigenvalue weighted by Crippen LogP contribution is 2.27. The summed E-state index contributed by atoms with van der Waals surface area (Å²) in [6.07, 6.45) is 5.27. The van der Waals surface area contributed by atoms with Crippen LogP contribution in [0, 0.1) is 20.8 Å². The lowest BCUT2D eigenvalue weighted by Crippen LogP contribution is -2.12. The van der Waals surface area contributed by atoms with Gasteiger partial charge in [-0.1, -0.05) is 71.9 Å². The van der Waals surface area contributed by atoms with Crippen LogP contribution in [-0.4, -0.2) is 27.7 Å².